The molecule has 2 aromatic carbocycles. The molecule has 128 valence electrons. The van der Waals surface area contributed by atoms with Crippen molar-refractivity contribution in [2.45, 2.75) is 6.54 Å². The van der Waals surface area contributed by atoms with Crippen molar-refractivity contribution in [2.75, 3.05) is 5.32 Å². The van der Waals surface area contributed by atoms with Gasteiger partial charge in [0, 0.05) is 18.3 Å². The van der Waals surface area contributed by atoms with Crippen molar-refractivity contribution in [1.29, 1.82) is 0 Å². The van der Waals surface area contributed by atoms with Crippen LogP contribution >= 0.6 is 0 Å². The third-order valence-corrected chi connectivity index (χ3v) is 3.96. The summed E-state index contributed by atoms with van der Waals surface area (Å²) in [5.41, 5.74) is 4.17. The summed E-state index contributed by atoms with van der Waals surface area (Å²) in [5.74, 6) is 0.256. The van der Waals surface area contributed by atoms with E-state index in [4.69, 9.17) is 0 Å². The Labute approximate surface area is 150 Å². The Bertz CT molecular complexity index is 996. The first kappa shape index (κ1) is 16.0. The molecule has 0 unspecified atom stereocenters. The van der Waals surface area contributed by atoms with Gasteiger partial charge >= 0.3 is 0 Å². The Morgan fingerprint density at radius 3 is 2.54 bits per heavy atom. The molecule has 4 rings (SSSR count). The van der Waals surface area contributed by atoms with E-state index in [1.165, 1.54) is 12.1 Å². The molecule has 0 atom stereocenters. The van der Waals surface area contributed by atoms with Gasteiger partial charge in [0.1, 0.15) is 5.82 Å². The van der Waals surface area contributed by atoms with Crippen LogP contribution in [0.3, 0.4) is 0 Å². The smallest absolute Gasteiger partial charge is 0.223 e. The average Bonchev–Trinajstić information content (AvgIpc) is 3.18. The van der Waals surface area contributed by atoms with Gasteiger partial charge in [0.05, 0.1) is 23.4 Å². The third kappa shape index (κ3) is 3.44. The lowest BCUT2D eigenvalue weighted by Crippen LogP contribution is -2.04. The van der Waals surface area contributed by atoms with Gasteiger partial charge in [-0.05, 0) is 35.9 Å². The number of aromatic amines is 1. The van der Waals surface area contributed by atoms with Crippen molar-refractivity contribution in [3.63, 3.8) is 0 Å². The quantitative estimate of drug-likeness (QED) is 0.566. The molecule has 5 nitrogen and oxygen atoms in total. The topological polar surface area (TPSA) is 66.5 Å². The lowest BCUT2D eigenvalue weighted by Gasteiger charge is -2.07. The van der Waals surface area contributed by atoms with E-state index in [1.54, 1.807) is 24.7 Å². The summed E-state index contributed by atoms with van der Waals surface area (Å²) in [5, 5.41) is 3.22. The second kappa shape index (κ2) is 7.14. The number of nitrogens with zero attached hydrogens (tertiary/aromatic N) is 3. The van der Waals surface area contributed by atoms with Crippen LogP contribution in [0.1, 0.15) is 5.56 Å². The van der Waals surface area contributed by atoms with Gasteiger partial charge in [0.2, 0.25) is 5.95 Å². The maximum Gasteiger partial charge on any atom is 0.223 e. The number of halogens is 1. The lowest BCUT2D eigenvalue weighted by atomic mass is 10.1. The Balaban J connectivity index is 1.59. The van der Waals surface area contributed by atoms with E-state index in [9.17, 15) is 4.39 Å². The van der Waals surface area contributed by atoms with Crippen LogP contribution in [0.25, 0.3) is 22.6 Å². The SMILES string of the molecule is Fc1ccc(-c2nc[nH]c2-c2ccnc(NCc3ccccc3)n2)cc1. The highest BCUT2D eigenvalue weighted by molar-refractivity contribution is 5.76. The molecule has 0 radical (unpaired) electrons. The summed E-state index contributed by atoms with van der Waals surface area (Å²) in [4.78, 5) is 16.3. The van der Waals surface area contributed by atoms with Gasteiger partial charge in [-0.1, -0.05) is 30.3 Å². The minimum atomic E-state index is -0.278. The zero-order valence-corrected chi connectivity index (χ0v) is 13.9. The van der Waals surface area contributed by atoms with Crippen molar-refractivity contribution in [3.8, 4) is 22.6 Å². The predicted molar refractivity (Wildman–Crippen MR) is 98.8 cm³/mol. The summed E-state index contributed by atoms with van der Waals surface area (Å²) < 4.78 is 13.2. The standard InChI is InChI=1S/C20H16FN5/c21-16-8-6-15(7-9-16)18-19(25-13-24-18)17-10-11-22-20(26-17)23-12-14-4-2-1-3-5-14/h1-11,13H,12H2,(H,24,25)(H,22,23,26). The number of hydrogen-bond acceptors (Lipinski definition) is 4. The fourth-order valence-corrected chi connectivity index (χ4v) is 2.68. The fourth-order valence-electron chi connectivity index (χ4n) is 2.68. The molecule has 0 aliphatic heterocycles. The predicted octanol–water partition coefficient (Wildman–Crippen LogP) is 4.28. The van der Waals surface area contributed by atoms with Gasteiger partial charge in [-0.15, -0.1) is 0 Å². The second-order valence-electron chi connectivity index (χ2n) is 5.74. The highest BCUT2D eigenvalue weighted by Crippen LogP contribution is 2.28. The van der Waals surface area contributed by atoms with Gasteiger partial charge < -0.3 is 10.3 Å². The number of anilines is 1. The molecular formula is C20H16FN5. The summed E-state index contributed by atoms with van der Waals surface area (Å²) in [6.07, 6.45) is 3.30. The molecule has 26 heavy (non-hydrogen) atoms. The van der Waals surface area contributed by atoms with E-state index in [1.807, 2.05) is 36.4 Å². The molecule has 6 heteroatoms. The van der Waals surface area contributed by atoms with Crippen LogP contribution in [-0.2, 0) is 6.54 Å². The van der Waals surface area contributed by atoms with Crippen molar-refractivity contribution in [1.82, 2.24) is 19.9 Å². The normalized spacial score (nSPS) is 10.7. The van der Waals surface area contributed by atoms with E-state index in [0.29, 0.717) is 18.2 Å². The zero-order valence-electron chi connectivity index (χ0n) is 13.9. The molecule has 2 aromatic heterocycles. The van der Waals surface area contributed by atoms with E-state index in [-0.39, 0.29) is 5.82 Å². The van der Waals surface area contributed by atoms with E-state index in [0.717, 1.165) is 22.5 Å². The molecule has 2 heterocycles. The number of aromatic nitrogens is 4. The number of benzene rings is 2. The summed E-state index contributed by atoms with van der Waals surface area (Å²) in [7, 11) is 0. The highest BCUT2D eigenvalue weighted by Gasteiger charge is 2.12. The van der Waals surface area contributed by atoms with Crippen LogP contribution in [0.5, 0.6) is 0 Å². The van der Waals surface area contributed by atoms with Crippen LogP contribution in [0, 0.1) is 5.82 Å². The minimum absolute atomic E-state index is 0.278. The molecule has 0 fully saturated rings. The number of H-pyrrole nitrogens is 1. The zero-order chi connectivity index (χ0) is 17.8. The number of imidazole rings is 1. The number of rotatable bonds is 5. The molecule has 0 saturated carbocycles. The Kier molecular flexibility index (Phi) is 4.38. The van der Waals surface area contributed by atoms with E-state index < -0.39 is 0 Å². The molecular weight excluding hydrogens is 329 g/mol. The molecule has 4 aromatic rings. The van der Waals surface area contributed by atoms with Gasteiger partial charge in [-0.3, -0.25) is 0 Å². The summed E-state index contributed by atoms with van der Waals surface area (Å²) in [6.45, 7) is 0.637. The molecule has 0 aliphatic rings. The van der Waals surface area contributed by atoms with E-state index >= 15 is 0 Å². The largest absolute Gasteiger partial charge is 0.350 e. The third-order valence-electron chi connectivity index (χ3n) is 3.96. The summed E-state index contributed by atoms with van der Waals surface area (Å²) >= 11 is 0. The minimum Gasteiger partial charge on any atom is -0.350 e. The Hall–Kier alpha value is -3.54. The van der Waals surface area contributed by atoms with Crippen molar-refractivity contribution >= 4 is 5.95 Å². The van der Waals surface area contributed by atoms with Crippen molar-refractivity contribution < 1.29 is 4.39 Å². The molecule has 2 N–H and O–H groups in total. The van der Waals surface area contributed by atoms with Crippen LogP contribution in [-0.4, -0.2) is 19.9 Å². The van der Waals surface area contributed by atoms with Crippen molar-refractivity contribution in [2.24, 2.45) is 0 Å². The Morgan fingerprint density at radius 2 is 1.73 bits per heavy atom. The monoisotopic (exact) mass is 345 g/mol. The molecule has 0 aliphatic carbocycles. The number of hydrogen-bond donors (Lipinski definition) is 2. The average molecular weight is 345 g/mol. The van der Waals surface area contributed by atoms with Crippen molar-refractivity contribution in [3.05, 3.63) is 84.6 Å². The van der Waals surface area contributed by atoms with Crippen LogP contribution < -0.4 is 5.32 Å². The summed E-state index contributed by atoms with van der Waals surface area (Å²) in [6, 6.07) is 18.1. The number of nitrogens with one attached hydrogen (secondary N) is 2. The highest BCUT2D eigenvalue weighted by atomic mass is 19.1. The van der Waals surface area contributed by atoms with Crippen LogP contribution in [0.4, 0.5) is 10.3 Å². The first-order chi connectivity index (χ1) is 12.8. The first-order valence-corrected chi connectivity index (χ1v) is 8.20. The second-order valence-corrected chi connectivity index (χ2v) is 5.74. The van der Waals surface area contributed by atoms with Gasteiger partial charge in [-0.25, -0.2) is 19.3 Å². The lowest BCUT2D eigenvalue weighted by molar-refractivity contribution is 0.628. The van der Waals surface area contributed by atoms with Gasteiger partial charge in [0.15, 0.2) is 0 Å². The maximum atomic E-state index is 13.2. The maximum absolute atomic E-state index is 13.2. The molecule has 0 bridgehead atoms. The van der Waals surface area contributed by atoms with Crippen LogP contribution in [0.15, 0.2) is 73.2 Å². The van der Waals surface area contributed by atoms with Gasteiger partial charge in [0.25, 0.3) is 0 Å². The van der Waals surface area contributed by atoms with Crippen LogP contribution in [0.2, 0.25) is 0 Å². The molecule has 0 amide bonds. The molecule has 0 saturated heterocycles. The Morgan fingerprint density at radius 1 is 0.923 bits per heavy atom. The van der Waals surface area contributed by atoms with Gasteiger partial charge in [-0.2, -0.15) is 0 Å². The first-order valence-electron chi connectivity index (χ1n) is 8.20. The van der Waals surface area contributed by atoms with E-state index in [2.05, 4.69) is 25.3 Å². The fraction of sp³-hybridized carbons (Fsp3) is 0.0500. The molecule has 0 spiro atoms.